The number of carbonyl (C=O) groups excluding carboxylic acids is 2. The van der Waals surface area contributed by atoms with Gasteiger partial charge in [0.1, 0.15) is 6.54 Å². The number of allylic oxidation sites excluding steroid dienone is 8. The number of unbranched alkanes of at least 4 members (excludes halogenated alkanes) is 4. The molecule has 0 fully saturated rings. The maximum atomic E-state index is 12.0. The lowest BCUT2D eigenvalue weighted by atomic mass is 10.1. The van der Waals surface area contributed by atoms with E-state index in [0.717, 1.165) is 57.8 Å². The number of hydrogen-bond acceptors (Lipinski definition) is 4. The first kappa shape index (κ1) is 29.9. The van der Waals surface area contributed by atoms with Crippen molar-refractivity contribution in [3.8, 4) is 0 Å². The van der Waals surface area contributed by atoms with Crippen LogP contribution < -0.4 is 5.11 Å². The fourth-order valence-electron chi connectivity index (χ4n) is 3.17. The molecule has 0 radical (unpaired) electrons. The van der Waals surface area contributed by atoms with Crippen LogP contribution in [0.4, 0.5) is 0 Å². The van der Waals surface area contributed by atoms with Gasteiger partial charge in [0.25, 0.3) is 0 Å². The second-order valence-electron chi connectivity index (χ2n) is 9.11. The third-order valence-corrected chi connectivity index (χ3v) is 4.66. The van der Waals surface area contributed by atoms with Gasteiger partial charge < -0.3 is 19.1 Å². The molecule has 0 bridgehead atoms. The van der Waals surface area contributed by atoms with Gasteiger partial charge in [0.2, 0.25) is 0 Å². The molecule has 5 nitrogen and oxygen atoms in total. The van der Waals surface area contributed by atoms with Crippen molar-refractivity contribution in [2.24, 2.45) is 0 Å². The van der Waals surface area contributed by atoms with Gasteiger partial charge in [0.05, 0.1) is 21.1 Å². The number of carbonyl (C=O) groups is 2. The molecule has 32 heavy (non-hydrogen) atoms. The zero-order valence-electron chi connectivity index (χ0n) is 20.8. The van der Waals surface area contributed by atoms with Crippen LogP contribution in [0.5, 0.6) is 0 Å². The summed E-state index contributed by atoms with van der Waals surface area (Å²) in [5, 5.41) is 10.9. The van der Waals surface area contributed by atoms with E-state index < -0.39 is 12.1 Å². The summed E-state index contributed by atoms with van der Waals surface area (Å²) >= 11 is 0. The molecule has 0 aromatic carbocycles. The minimum absolute atomic E-state index is 0.254. The van der Waals surface area contributed by atoms with Gasteiger partial charge in [-0.2, -0.15) is 0 Å². The van der Waals surface area contributed by atoms with E-state index in [1.165, 1.54) is 0 Å². The van der Waals surface area contributed by atoms with Gasteiger partial charge in [-0.25, -0.2) is 0 Å². The predicted molar refractivity (Wildman–Crippen MR) is 131 cm³/mol. The van der Waals surface area contributed by atoms with Crippen molar-refractivity contribution < 1.29 is 23.9 Å². The van der Waals surface area contributed by atoms with Gasteiger partial charge >= 0.3 is 5.97 Å². The molecule has 0 heterocycles. The number of quaternary nitrogens is 1. The molecule has 0 aromatic heterocycles. The van der Waals surface area contributed by atoms with Gasteiger partial charge in [0.15, 0.2) is 6.10 Å². The summed E-state index contributed by atoms with van der Waals surface area (Å²) in [5.41, 5.74) is 0. The Morgan fingerprint density at radius 1 is 0.812 bits per heavy atom. The van der Waals surface area contributed by atoms with Crippen LogP contribution in [-0.4, -0.2) is 50.2 Å². The highest BCUT2D eigenvalue weighted by Crippen LogP contribution is 2.10. The smallest absolute Gasteiger partial charge is 0.306 e. The number of likely N-dealkylation sites (N-methyl/N-ethyl adjacent to an activating group) is 1. The van der Waals surface area contributed by atoms with Crippen molar-refractivity contribution >= 4 is 11.9 Å². The van der Waals surface area contributed by atoms with E-state index in [1.54, 1.807) is 0 Å². The molecule has 0 aliphatic heterocycles. The van der Waals surface area contributed by atoms with Crippen LogP contribution >= 0.6 is 0 Å². The molecule has 0 saturated carbocycles. The van der Waals surface area contributed by atoms with Gasteiger partial charge in [-0.15, -0.1) is 0 Å². The Morgan fingerprint density at radius 3 is 1.88 bits per heavy atom. The minimum atomic E-state index is -1.19. The standard InChI is InChI=1S/C27H45NO4/c1-5-6-7-8-9-10-11-12-13-14-15-16-17-18-19-20-21-22-27(31)32-25(23-26(29)30)24-28(2,3)4/h6-7,9-10,12-13,15-16,25H,5,8,11,14,17-24H2,1-4H3/b7-6+,10-9+,13-12+,16-15+. The van der Waals surface area contributed by atoms with Crippen LogP contribution in [-0.2, 0) is 14.3 Å². The number of carboxylic acid groups (broad SMARTS) is 1. The lowest BCUT2D eigenvalue weighted by molar-refractivity contribution is -0.873. The van der Waals surface area contributed by atoms with Crippen molar-refractivity contribution in [2.45, 2.75) is 83.7 Å². The Labute approximate surface area is 196 Å². The second kappa shape index (κ2) is 19.5. The summed E-state index contributed by atoms with van der Waals surface area (Å²) in [5.74, 6) is -1.50. The normalized spacial score (nSPS) is 13.6. The molecule has 0 saturated heterocycles. The molecular weight excluding hydrogens is 402 g/mol. The molecule has 0 aliphatic rings. The highest BCUT2D eigenvalue weighted by Gasteiger charge is 2.22. The van der Waals surface area contributed by atoms with Gasteiger partial charge in [-0.1, -0.05) is 68.4 Å². The highest BCUT2D eigenvalue weighted by molar-refractivity contribution is 5.70. The molecule has 182 valence electrons. The molecule has 0 rings (SSSR count). The largest absolute Gasteiger partial charge is 0.550 e. The number of nitrogens with zero attached hydrogens (tertiary/aromatic N) is 1. The van der Waals surface area contributed by atoms with Crippen LogP contribution in [0.25, 0.3) is 0 Å². The summed E-state index contributed by atoms with van der Waals surface area (Å²) in [7, 11) is 5.81. The van der Waals surface area contributed by atoms with E-state index >= 15 is 0 Å². The molecule has 0 aliphatic carbocycles. The molecule has 0 N–H and O–H groups in total. The Hall–Kier alpha value is -2.14. The molecule has 0 spiro atoms. The van der Waals surface area contributed by atoms with E-state index in [2.05, 4.69) is 55.5 Å². The lowest BCUT2D eigenvalue weighted by Gasteiger charge is -2.29. The van der Waals surface area contributed by atoms with Crippen LogP contribution in [0.15, 0.2) is 48.6 Å². The number of carboxylic acids is 1. The number of aliphatic carboxylic acids is 1. The topological polar surface area (TPSA) is 66.4 Å². The molecule has 5 heteroatoms. The van der Waals surface area contributed by atoms with E-state index in [9.17, 15) is 14.7 Å². The summed E-state index contributed by atoms with van der Waals surface area (Å²) in [6.07, 6.45) is 26.1. The van der Waals surface area contributed by atoms with Crippen molar-refractivity contribution in [2.75, 3.05) is 27.7 Å². The van der Waals surface area contributed by atoms with Crippen LogP contribution in [0.1, 0.15) is 77.6 Å². The number of esters is 1. The van der Waals surface area contributed by atoms with Gasteiger partial charge in [-0.05, 0) is 44.9 Å². The number of rotatable bonds is 19. The fourth-order valence-corrected chi connectivity index (χ4v) is 3.17. The Bertz CT molecular complexity index is 612. The average Bonchev–Trinajstić information content (AvgIpc) is 2.68. The molecule has 0 amide bonds. The van der Waals surface area contributed by atoms with E-state index in [1.807, 2.05) is 21.1 Å². The third-order valence-electron chi connectivity index (χ3n) is 4.66. The summed E-state index contributed by atoms with van der Waals surface area (Å²) in [6, 6.07) is 0. The van der Waals surface area contributed by atoms with Crippen LogP contribution in [0, 0.1) is 0 Å². The second-order valence-corrected chi connectivity index (χ2v) is 9.11. The number of ether oxygens (including phenoxy) is 1. The van der Waals surface area contributed by atoms with Gasteiger partial charge in [0, 0.05) is 18.8 Å². The Balaban J connectivity index is 3.76. The maximum Gasteiger partial charge on any atom is 0.306 e. The Morgan fingerprint density at radius 2 is 1.34 bits per heavy atom. The lowest BCUT2D eigenvalue weighted by Crippen LogP contribution is -2.45. The monoisotopic (exact) mass is 447 g/mol. The first-order valence-corrected chi connectivity index (χ1v) is 12.0. The Kier molecular flexibility index (Phi) is 18.2. The van der Waals surface area contributed by atoms with Crippen molar-refractivity contribution in [1.82, 2.24) is 0 Å². The summed E-state index contributed by atoms with van der Waals surface area (Å²) in [4.78, 5) is 22.9. The average molecular weight is 448 g/mol. The van der Waals surface area contributed by atoms with Crippen LogP contribution in [0.2, 0.25) is 0 Å². The number of hydrogen-bond donors (Lipinski definition) is 0. The zero-order valence-corrected chi connectivity index (χ0v) is 20.8. The van der Waals surface area contributed by atoms with Crippen molar-refractivity contribution in [3.05, 3.63) is 48.6 Å². The van der Waals surface area contributed by atoms with Crippen molar-refractivity contribution in [3.63, 3.8) is 0 Å². The first-order chi connectivity index (χ1) is 15.2. The van der Waals surface area contributed by atoms with E-state index in [-0.39, 0.29) is 12.4 Å². The quantitative estimate of drug-likeness (QED) is 0.122. The van der Waals surface area contributed by atoms with E-state index in [4.69, 9.17) is 4.74 Å². The minimum Gasteiger partial charge on any atom is -0.550 e. The van der Waals surface area contributed by atoms with E-state index in [0.29, 0.717) is 17.4 Å². The molecule has 1 atom stereocenters. The molecule has 0 aromatic rings. The third kappa shape index (κ3) is 22.5. The first-order valence-electron chi connectivity index (χ1n) is 12.0. The fraction of sp³-hybridized carbons (Fsp3) is 0.630. The highest BCUT2D eigenvalue weighted by atomic mass is 16.5. The van der Waals surface area contributed by atoms with Gasteiger partial charge in [-0.3, -0.25) is 4.79 Å². The zero-order chi connectivity index (χ0) is 24.1. The maximum absolute atomic E-state index is 12.0. The SMILES string of the molecule is CC/C=C/C/C=C/C/C=C/C/C=C/CCCCCCC(=O)OC(CC(=O)[O-])C[N+](C)(C)C. The van der Waals surface area contributed by atoms with Crippen molar-refractivity contribution in [1.29, 1.82) is 0 Å². The van der Waals surface area contributed by atoms with Crippen LogP contribution in [0.3, 0.4) is 0 Å². The molecular formula is C27H45NO4. The summed E-state index contributed by atoms with van der Waals surface area (Å²) in [6.45, 7) is 2.60. The molecule has 1 unspecified atom stereocenters. The summed E-state index contributed by atoms with van der Waals surface area (Å²) < 4.78 is 5.90. The predicted octanol–water partition coefficient (Wildman–Crippen LogP) is 4.89.